The van der Waals surface area contributed by atoms with E-state index >= 15 is 0 Å². The second-order valence-corrected chi connectivity index (χ2v) is 9.52. The summed E-state index contributed by atoms with van der Waals surface area (Å²) in [6.45, 7) is 8.04. The van der Waals surface area contributed by atoms with Gasteiger partial charge in [-0.2, -0.15) is 0 Å². The van der Waals surface area contributed by atoms with Crippen molar-refractivity contribution in [1.29, 1.82) is 0 Å². The Morgan fingerprint density at radius 3 is 2.32 bits per heavy atom. The van der Waals surface area contributed by atoms with Gasteiger partial charge in [0.15, 0.2) is 0 Å². The number of hydrogen-bond acceptors (Lipinski definition) is 8. The van der Waals surface area contributed by atoms with Gasteiger partial charge in [0.2, 0.25) is 0 Å². The summed E-state index contributed by atoms with van der Waals surface area (Å²) in [6.07, 6.45) is 0. The number of Topliss-reactive ketones (excluding diaryl/α,β-unsaturated/α-hetero) is 1. The van der Waals surface area contributed by atoms with Crippen LogP contribution >= 0.6 is 0 Å². The van der Waals surface area contributed by atoms with Crippen LogP contribution in [0, 0.1) is 16.0 Å². The molecule has 0 aliphatic carbocycles. The number of carbonyl (C=O) groups is 2. The topological polar surface area (TPSA) is 122 Å². The maximum Gasteiger partial charge on any atom is 0.295 e. The highest BCUT2D eigenvalue weighted by Crippen LogP contribution is 2.40. The van der Waals surface area contributed by atoms with Gasteiger partial charge < -0.3 is 19.5 Å². The van der Waals surface area contributed by atoms with Crippen LogP contribution < -0.4 is 4.74 Å². The summed E-state index contributed by atoms with van der Waals surface area (Å²) in [6, 6.07) is 11.5. The zero-order chi connectivity index (χ0) is 26.5. The minimum absolute atomic E-state index is 0.0447. The molecule has 4 rings (SSSR count). The van der Waals surface area contributed by atoms with Crippen molar-refractivity contribution in [3.05, 3.63) is 75.3 Å². The van der Waals surface area contributed by atoms with Crippen LogP contribution in [0.3, 0.4) is 0 Å². The van der Waals surface area contributed by atoms with Gasteiger partial charge in [-0.3, -0.25) is 24.6 Å². The smallest absolute Gasteiger partial charge is 0.295 e. The molecule has 2 aromatic carbocycles. The lowest BCUT2D eigenvalue weighted by Crippen LogP contribution is -2.42. The van der Waals surface area contributed by atoms with Crippen molar-refractivity contribution in [3.63, 3.8) is 0 Å². The molecule has 196 valence electrons. The van der Waals surface area contributed by atoms with E-state index in [9.17, 15) is 24.8 Å². The standard InChI is InChI=1S/C27H31N3O7/c1-18(2)17-37-22-9-5-20(6-10-22)25(31)23-24(19-3-7-21(8-4-19)30(34)35)29(27(33)26(23)32)12-11-28-13-15-36-16-14-28/h3-10,18,24,31H,11-17H2,1-2H3/t24-/m1/s1. The molecule has 10 heteroatoms. The van der Waals surface area contributed by atoms with Crippen LogP contribution in [0.25, 0.3) is 5.76 Å². The third kappa shape index (κ3) is 5.98. The van der Waals surface area contributed by atoms with Gasteiger partial charge in [-0.1, -0.05) is 13.8 Å². The highest BCUT2D eigenvalue weighted by atomic mass is 16.6. The van der Waals surface area contributed by atoms with E-state index in [1.54, 1.807) is 24.3 Å². The molecule has 2 heterocycles. The fourth-order valence-electron chi connectivity index (χ4n) is 4.44. The first-order chi connectivity index (χ1) is 17.8. The van der Waals surface area contributed by atoms with Crippen LogP contribution in [0.2, 0.25) is 0 Å². The SMILES string of the molecule is CC(C)COc1ccc(C(O)=C2C(=O)C(=O)N(CCN3CCOCC3)[C@@H]2c2ccc([N+](=O)[O-])cc2)cc1. The Bertz CT molecular complexity index is 1170. The minimum Gasteiger partial charge on any atom is -0.507 e. The van der Waals surface area contributed by atoms with E-state index in [1.807, 2.05) is 13.8 Å². The first-order valence-electron chi connectivity index (χ1n) is 12.3. The number of non-ortho nitro benzene ring substituents is 1. The molecule has 0 unspecified atom stereocenters. The molecule has 0 bridgehead atoms. The van der Waals surface area contributed by atoms with E-state index in [1.165, 1.54) is 29.2 Å². The Balaban J connectivity index is 1.68. The number of ketones is 1. The Morgan fingerprint density at radius 1 is 1.08 bits per heavy atom. The summed E-state index contributed by atoms with van der Waals surface area (Å²) >= 11 is 0. The zero-order valence-corrected chi connectivity index (χ0v) is 21.0. The van der Waals surface area contributed by atoms with Crippen molar-refractivity contribution in [1.82, 2.24) is 9.80 Å². The molecule has 0 spiro atoms. The lowest BCUT2D eigenvalue weighted by Gasteiger charge is -2.31. The van der Waals surface area contributed by atoms with Crippen molar-refractivity contribution < 1.29 is 29.1 Å². The Labute approximate surface area is 215 Å². The molecule has 0 aromatic heterocycles. The van der Waals surface area contributed by atoms with Gasteiger partial charge in [-0.05, 0) is 47.9 Å². The van der Waals surface area contributed by atoms with Crippen LogP contribution in [0.4, 0.5) is 5.69 Å². The third-order valence-electron chi connectivity index (χ3n) is 6.43. The highest BCUT2D eigenvalue weighted by Gasteiger charge is 2.46. The Hall–Kier alpha value is -3.76. The number of nitrogens with zero attached hydrogens (tertiary/aromatic N) is 3. The van der Waals surface area contributed by atoms with E-state index < -0.39 is 22.7 Å². The Kier molecular flexibility index (Phi) is 8.20. The number of nitro benzene ring substituents is 1. The van der Waals surface area contributed by atoms with Gasteiger partial charge >= 0.3 is 0 Å². The first-order valence-corrected chi connectivity index (χ1v) is 12.3. The van der Waals surface area contributed by atoms with Crippen molar-refractivity contribution in [2.24, 2.45) is 5.92 Å². The molecule has 10 nitrogen and oxygen atoms in total. The molecule has 2 aliphatic heterocycles. The van der Waals surface area contributed by atoms with Crippen LogP contribution in [-0.2, 0) is 14.3 Å². The van der Waals surface area contributed by atoms with Crippen molar-refractivity contribution in [3.8, 4) is 5.75 Å². The second kappa shape index (κ2) is 11.5. The van der Waals surface area contributed by atoms with Gasteiger partial charge in [0, 0.05) is 43.9 Å². The molecular weight excluding hydrogens is 478 g/mol. The summed E-state index contributed by atoms with van der Waals surface area (Å²) in [4.78, 5) is 40.6. The molecule has 1 atom stereocenters. The van der Waals surface area contributed by atoms with Crippen LogP contribution in [0.15, 0.2) is 54.1 Å². The largest absolute Gasteiger partial charge is 0.507 e. The summed E-state index contributed by atoms with van der Waals surface area (Å²) in [5.41, 5.74) is 0.725. The second-order valence-electron chi connectivity index (χ2n) is 9.52. The van der Waals surface area contributed by atoms with E-state index in [-0.39, 0.29) is 23.6 Å². The zero-order valence-electron chi connectivity index (χ0n) is 21.0. The number of hydrogen-bond donors (Lipinski definition) is 1. The van der Waals surface area contributed by atoms with Gasteiger partial charge in [-0.15, -0.1) is 0 Å². The number of aliphatic hydroxyl groups excluding tert-OH is 1. The molecule has 1 amide bonds. The van der Waals surface area contributed by atoms with E-state index in [0.717, 1.165) is 13.1 Å². The number of aliphatic hydroxyl groups is 1. The lowest BCUT2D eigenvalue weighted by molar-refractivity contribution is -0.384. The van der Waals surface area contributed by atoms with Crippen LogP contribution in [0.1, 0.15) is 31.0 Å². The normalized spacial score (nSPS) is 20.0. The molecular formula is C27H31N3O7. The fraction of sp³-hybridized carbons (Fsp3) is 0.407. The predicted molar refractivity (Wildman–Crippen MR) is 136 cm³/mol. The quantitative estimate of drug-likeness (QED) is 0.179. The van der Waals surface area contributed by atoms with Gasteiger partial charge in [0.05, 0.1) is 36.4 Å². The van der Waals surface area contributed by atoms with Gasteiger partial charge in [0.25, 0.3) is 17.4 Å². The average molecular weight is 510 g/mol. The molecule has 2 aromatic rings. The summed E-state index contributed by atoms with van der Waals surface area (Å²) in [5, 5.41) is 22.4. The summed E-state index contributed by atoms with van der Waals surface area (Å²) < 4.78 is 11.1. The van der Waals surface area contributed by atoms with Crippen molar-refractivity contribution in [2.75, 3.05) is 46.0 Å². The van der Waals surface area contributed by atoms with E-state index in [2.05, 4.69) is 4.90 Å². The Morgan fingerprint density at radius 2 is 1.73 bits per heavy atom. The maximum absolute atomic E-state index is 13.2. The first kappa shape index (κ1) is 26.3. The number of likely N-dealkylation sites (tertiary alicyclic amines) is 1. The molecule has 0 radical (unpaired) electrons. The number of amides is 1. The highest BCUT2D eigenvalue weighted by molar-refractivity contribution is 6.46. The van der Waals surface area contributed by atoms with Gasteiger partial charge in [0.1, 0.15) is 11.5 Å². The molecule has 0 saturated carbocycles. The maximum atomic E-state index is 13.2. The molecule has 2 saturated heterocycles. The van der Waals surface area contributed by atoms with Crippen molar-refractivity contribution >= 4 is 23.1 Å². The number of morpholine rings is 1. The fourth-order valence-corrected chi connectivity index (χ4v) is 4.44. The molecule has 1 N–H and O–H groups in total. The van der Waals surface area contributed by atoms with E-state index in [0.29, 0.717) is 49.2 Å². The third-order valence-corrected chi connectivity index (χ3v) is 6.43. The summed E-state index contributed by atoms with van der Waals surface area (Å²) in [7, 11) is 0. The number of nitro groups is 1. The molecule has 37 heavy (non-hydrogen) atoms. The van der Waals surface area contributed by atoms with Gasteiger partial charge in [-0.25, -0.2) is 0 Å². The monoisotopic (exact) mass is 509 g/mol. The minimum atomic E-state index is -0.876. The average Bonchev–Trinajstić information content (AvgIpc) is 3.16. The van der Waals surface area contributed by atoms with E-state index in [4.69, 9.17) is 9.47 Å². The van der Waals surface area contributed by atoms with Crippen LogP contribution in [0.5, 0.6) is 5.75 Å². The van der Waals surface area contributed by atoms with Crippen molar-refractivity contribution in [2.45, 2.75) is 19.9 Å². The number of ether oxygens (including phenoxy) is 2. The number of carbonyl (C=O) groups excluding carboxylic acids is 2. The van der Waals surface area contributed by atoms with Crippen LogP contribution in [-0.4, -0.2) is 77.5 Å². The molecule has 2 fully saturated rings. The molecule has 2 aliphatic rings. The number of rotatable bonds is 9. The lowest BCUT2D eigenvalue weighted by atomic mass is 9.95. The summed E-state index contributed by atoms with van der Waals surface area (Å²) in [5.74, 6) is -0.824. The predicted octanol–water partition coefficient (Wildman–Crippen LogP) is 3.38. The number of benzene rings is 2.